The average Bonchev–Trinajstić information content (AvgIpc) is 2.26. The molecule has 1 fully saturated rings. The monoisotopic (exact) mass is 296 g/mol. The Bertz CT molecular complexity index is 276. The molecule has 120 valence electrons. The van der Waals surface area contributed by atoms with Crippen LogP contribution in [-0.2, 0) is 4.74 Å². The molecule has 20 heavy (non-hydrogen) atoms. The lowest BCUT2D eigenvalue weighted by molar-refractivity contribution is -0.148. The predicted octanol–water partition coefficient (Wildman–Crippen LogP) is 2.52. The van der Waals surface area contributed by atoms with E-state index in [-0.39, 0.29) is 5.41 Å². The Morgan fingerprint density at radius 2 is 2.05 bits per heavy atom. The molecule has 3 nitrogen and oxygen atoms in total. The van der Waals surface area contributed by atoms with Crippen LogP contribution in [0.2, 0.25) is 0 Å². The minimum Gasteiger partial charge on any atom is -0.381 e. The molecule has 0 bridgehead atoms. The van der Waals surface area contributed by atoms with Crippen LogP contribution < -0.4 is 5.32 Å². The van der Waals surface area contributed by atoms with Crippen molar-refractivity contribution in [1.82, 2.24) is 10.2 Å². The normalized spacial score (nSPS) is 24.6. The van der Waals surface area contributed by atoms with Crippen LogP contribution in [0.5, 0.6) is 0 Å². The van der Waals surface area contributed by atoms with Gasteiger partial charge in [-0.1, -0.05) is 13.8 Å². The van der Waals surface area contributed by atoms with E-state index in [9.17, 15) is 13.2 Å². The number of rotatable bonds is 7. The molecule has 1 saturated heterocycles. The van der Waals surface area contributed by atoms with Gasteiger partial charge in [0.05, 0.1) is 13.2 Å². The van der Waals surface area contributed by atoms with E-state index >= 15 is 0 Å². The fraction of sp³-hybridized carbons (Fsp3) is 1.00. The molecule has 0 radical (unpaired) electrons. The average molecular weight is 296 g/mol. The highest BCUT2D eigenvalue weighted by atomic mass is 19.4. The van der Waals surface area contributed by atoms with Crippen molar-refractivity contribution in [3.8, 4) is 0 Å². The zero-order chi connectivity index (χ0) is 15.2. The predicted molar refractivity (Wildman–Crippen MR) is 73.7 cm³/mol. The molecule has 0 saturated carbocycles. The fourth-order valence-electron chi connectivity index (χ4n) is 2.79. The van der Waals surface area contributed by atoms with E-state index in [1.54, 1.807) is 0 Å². The third kappa shape index (κ3) is 6.90. The van der Waals surface area contributed by atoms with Crippen molar-refractivity contribution in [2.45, 2.75) is 32.9 Å². The van der Waals surface area contributed by atoms with Crippen molar-refractivity contribution in [1.29, 1.82) is 0 Å². The van der Waals surface area contributed by atoms with E-state index in [2.05, 4.69) is 19.2 Å². The van der Waals surface area contributed by atoms with Crippen molar-refractivity contribution in [3.63, 3.8) is 0 Å². The topological polar surface area (TPSA) is 24.5 Å². The van der Waals surface area contributed by atoms with E-state index in [1.165, 1.54) is 11.9 Å². The third-order valence-electron chi connectivity index (χ3n) is 3.51. The van der Waals surface area contributed by atoms with E-state index in [0.29, 0.717) is 25.6 Å². The Kier molecular flexibility index (Phi) is 6.75. The maximum Gasteiger partial charge on any atom is 0.401 e. The highest BCUT2D eigenvalue weighted by molar-refractivity contribution is 4.87. The molecule has 1 rings (SSSR count). The second kappa shape index (κ2) is 7.61. The summed E-state index contributed by atoms with van der Waals surface area (Å²) in [5.41, 5.74) is -0.201. The summed E-state index contributed by atoms with van der Waals surface area (Å²) in [5, 5.41) is 3.38. The zero-order valence-electron chi connectivity index (χ0n) is 12.7. The van der Waals surface area contributed by atoms with Crippen LogP contribution in [0.1, 0.15) is 26.7 Å². The van der Waals surface area contributed by atoms with Crippen molar-refractivity contribution >= 4 is 0 Å². The summed E-state index contributed by atoms with van der Waals surface area (Å²) >= 11 is 0. The summed E-state index contributed by atoms with van der Waals surface area (Å²) in [4.78, 5) is 1.37. The molecular weight excluding hydrogens is 269 g/mol. The van der Waals surface area contributed by atoms with Crippen LogP contribution in [0.25, 0.3) is 0 Å². The number of halogens is 3. The summed E-state index contributed by atoms with van der Waals surface area (Å²) in [6, 6.07) is 0. The van der Waals surface area contributed by atoms with Gasteiger partial charge in [0.25, 0.3) is 0 Å². The number of hydrogen-bond acceptors (Lipinski definition) is 3. The lowest BCUT2D eigenvalue weighted by Crippen LogP contribution is -2.50. The van der Waals surface area contributed by atoms with Crippen LogP contribution in [0.4, 0.5) is 13.2 Å². The minimum absolute atomic E-state index is 0.201. The Labute approximate surface area is 119 Å². The second-order valence-corrected chi connectivity index (χ2v) is 6.47. The van der Waals surface area contributed by atoms with E-state index in [1.807, 2.05) is 0 Å². The Morgan fingerprint density at radius 3 is 2.55 bits per heavy atom. The van der Waals surface area contributed by atoms with E-state index in [0.717, 1.165) is 26.0 Å². The standard InChI is InChI=1S/C14H27F3N2O/c1-12(2)7-18-8-13(5-4-6-20-11-13)9-19(3)10-14(15,16)17/h12,18H,4-11H2,1-3H3. The van der Waals surface area contributed by atoms with Crippen LogP contribution in [0, 0.1) is 11.3 Å². The first-order valence-electron chi connectivity index (χ1n) is 7.26. The smallest absolute Gasteiger partial charge is 0.381 e. The van der Waals surface area contributed by atoms with Gasteiger partial charge in [0.2, 0.25) is 0 Å². The van der Waals surface area contributed by atoms with Crippen molar-refractivity contribution in [3.05, 3.63) is 0 Å². The summed E-state index contributed by atoms with van der Waals surface area (Å²) in [6.45, 7) is 6.64. The molecular formula is C14H27F3N2O. The van der Waals surface area contributed by atoms with E-state index < -0.39 is 12.7 Å². The zero-order valence-corrected chi connectivity index (χ0v) is 12.7. The Balaban J connectivity index is 2.54. The van der Waals surface area contributed by atoms with Crippen molar-refractivity contribution in [2.24, 2.45) is 11.3 Å². The highest BCUT2D eigenvalue weighted by Crippen LogP contribution is 2.30. The number of alkyl halides is 3. The van der Waals surface area contributed by atoms with Crippen LogP contribution in [0.3, 0.4) is 0 Å². The molecule has 1 N–H and O–H groups in total. The second-order valence-electron chi connectivity index (χ2n) is 6.47. The summed E-state index contributed by atoms with van der Waals surface area (Å²) in [7, 11) is 1.53. The lowest BCUT2D eigenvalue weighted by atomic mass is 9.81. The quantitative estimate of drug-likeness (QED) is 0.781. The Hall–Kier alpha value is -0.330. The summed E-state index contributed by atoms with van der Waals surface area (Å²) in [5.74, 6) is 0.532. The highest BCUT2D eigenvalue weighted by Gasteiger charge is 2.37. The molecule has 0 aliphatic carbocycles. The van der Waals surface area contributed by atoms with Crippen molar-refractivity contribution < 1.29 is 17.9 Å². The van der Waals surface area contributed by atoms with Gasteiger partial charge >= 0.3 is 6.18 Å². The van der Waals surface area contributed by atoms with Crippen LogP contribution >= 0.6 is 0 Å². The first-order valence-corrected chi connectivity index (χ1v) is 7.26. The van der Waals surface area contributed by atoms with E-state index in [4.69, 9.17) is 4.74 Å². The Morgan fingerprint density at radius 1 is 1.35 bits per heavy atom. The molecule has 0 spiro atoms. The van der Waals surface area contributed by atoms with Crippen LogP contribution in [-0.4, -0.2) is 57.5 Å². The largest absolute Gasteiger partial charge is 0.401 e. The molecule has 0 amide bonds. The number of nitrogens with one attached hydrogen (secondary N) is 1. The summed E-state index contributed by atoms with van der Waals surface area (Å²) < 4.78 is 42.9. The van der Waals surface area contributed by atoms with Crippen molar-refractivity contribution in [2.75, 3.05) is 46.4 Å². The first-order chi connectivity index (χ1) is 9.22. The maximum atomic E-state index is 12.5. The van der Waals surface area contributed by atoms with Crippen LogP contribution in [0.15, 0.2) is 0 Å². The lowest BCUT2D eigenvalue weighted by Gasteiger charge is -2.40. The van der Waals surface area contributed by atoms with Gasteiger partial charge in [0.15, 0.2) is 0 Å². The van der Waals surface area contributed by atoms with Gasteiger partial charge in [-0.3, -0.25) is 4.90 Å². The first kappa shape index (κ1) is 17.7. The number of ether oxygens (including phenoxy) is 1. The third-order valence-corrected chi connectivity index (χ3v) is 3.51. The molecule has 0 aromatic carbocycles. The molecule has 1 aliphatic rings. The minimum atomic E-state index is -4.14. The maximum absolute atomic E-state index is 12.5. The molecule has 1 atom stereocenters. The van der Waals surface area contributed by atoms with Gasteiger partial charge in [-0.2, -0.15) is 13.2 Å². The molecule has 1 heterocycles. The summed E-state index contributed by atoms with van der Waals surface area (Å²) in [6.07, 6.45) is -2.31. The van der Waals surface area contributed by atoms with Gasteiger partial charge in [-0.25, -0.2) is 0 Å². The molecule has 0 aromatic heterocycles. The van der Waals surface area contributed by atoms with Gasteiger partial charge in [0.1, 0.15) is 0 Å². The number of hydrogen-bond donors (Lipinski definition) is 1. The molecule has 1 aliphatic heterocycles. The molecule has 6 heteroatoms. The van der Waals surface area contributed by atoms with Gasteiger partial charge in [-0.05, 0) is 32.4 Å². The number of nitrogens with zero attached hydrogens (tertiary/aromatic N) is 1. The fourth-order valence-corrected chi connectivity index (χ4v) is 2.79. The molecule has 0 aromatic rings. The van der Waals surface area contributed by atoms with Gasteiger partial charge < -0.3 is 10.1 Å². The van der Waals surface area contributed by atoms with Gasteiger partial charge in [0, 0.05) is 25.1 Å². The SMILES string of the molecule is CC(C)CNCC1(CN(C)CC(F)(F)F)CCCOC1. The van der Waals surface area contributed by atoms with Gasteiger partial charge in [-0.15, -0.1) is 0 Å². The molecule has 1 unspecified atom stereocenters.